The Kier molecular flexibility index (Phi) is 5.81. The van der Waals surface area contributed by atoms with Crippen molar-refractivity contribution in [3.63, 3.8) is 0 Å². The predicted molar refractivity (Wildman–Crippen MR) is 130 cm³/mol. The highest BCUT2D eigenvalue weighted by molar-refractivity contribution is 5.76. The number of fused-ring (bicyclic) bond motifs is 1. The smallest absolute Gasteiger partial charge is 0.227 e. The van der Waals surface area contributed by atoms with E-state index in [9.17, 15) is 20.0 Å². The third kappa shape index (κ3) is 4.28. The number of anilines is 3. The van der Waals surface area contributed by atoms with E-state index in [1.165, 1.54) is 0 Å². The van der Waals surface area contributed by atoms with Crippen molar-refractivity contribution < 1.29 is 9.50 Å². The molecular formula is C26H24FN7O. The molecule has 3 aromatic rings. The van der Waals surface area contributed by atoms with Crippen LogP contribution < -0.4 is 10.6 Å². The second-order valence-electron chi connectivity index (χ2n) is 9.30. The molecule has 1 atom stereocenters. The van der Waals surface area contributed by atoms with E-state index in [0.717, 1.165) is 22.4 Å². The summed E-state index contributed by atoms with van der Waals surface area (Å²) in [6.07, 6.45) is 0.836. The van der Waals surface area contributed by atoms with Gasteiger partial charge >= 0.3 is 0 Å². The number of aliphatic hydroxyl groups is 1. The van der Waals surface area contributed by atoms with Crippen LogP contribution in [0.5, 0.6) is 0 Å². The number of aliphatic hydroxyl groups excluding tert-OH is 1. The topological polar surface area (TPSA) is 121 Å². The van der Waals surface area contributed by atoms with Gasteiger partial charge in [-0.1, -0.05) is 13.0 Å². The molecule has 3 heterocycles. The molecule has 2 aliphatic rings. The molecule has 1 aromatic heterocycles. The Morgan fingerprint density at radius 2 is 2.06 bits per heavy atom. The molecule has 35 heavy (non-hydrogen) atoms. The Hall–Kier alpha value is -4.05. The SMILES string of the molecule is CC1(CO)CNc2c(C#N)cc(-c3ccnc(Nc4cc(C#N)ccc4CN4CC(F)C4)n3)cc21. The first-order valence-electron chi connectivity index (χ1n) is 11.4. The highest BCUT2D eigenvalue weighted by Gasteiger charge is 2.36. The summed E-state index contributed by atoms with van der Waals surface area (Å²) in [5.74, 6) is 0.341. The quantitative estimate of drug-likeness (QED) is 0.502. The summed E-state index contributed by atoms with van der Waals surface area (Å²) in [5, 5.41) is 35.5. The van der Waals surface area contributed by atoms with E-state index >= 15 is 0 Å². The van der Waals surface area contributed by atoms with Gasteiger partial charge in [0.2, 0.25) is 5.95 Å². The number of benzene rings is 2. The van der Waals surface area contributed by atoms with E-state index in [4.69, 9.17) is 0 Å². The standard InChI is InChI=1S/C26H24FN7O/c1-26(15-35)14-31-24-19(10-29)7-18(8-21(24)26)22-4-5-30-25(32-22)33-23-6-16(9-28)2-3-17(23)11-34-12-20(27)13-34/h2-8,20,31,35H,11-15H2,1H3,(H,30,32,33). The molecule has 0 spiro atoms. The first-order chi connectivity index (χ1) is 16.9. The molecule has 1 unspecified atom stereocenters. The van der Waals surface area contributed by atoms with Crippen molar-refractivity contribution >= 4 is 17.3 Å². The van der Waals surface area contributed by atoms with Crippen molar-refractivity contribution in [3.05, 3.63) is 64.8 Å². The molecule has 9 heteroatoms. The molecule has 0 radical (unpaired) electrons. The minimum Gasteiger partial charge on any atom is -0.395 e. The lowest BCUT2D eigenvalue weighted by molar-refractivity contribution is 0.0593. The van der Waals surface area contributed by atoms with Crippen molar-refractivity contribution in [3.8, 4) is 23.4 Å². The minimum atomic E-state index is -0.793. The molecule has 0 amide bonds. The largest absolute Gasteiger partial charge is 0.395 e. The third-order valence-corrected chi connectivity index (χ3v) is 6.66. The van der Waals surface area contributed by atoms with Gasteiger partial charge in [-0.3, -0.25) is 4.90 Å². The molecule has 176 valence electrons. The maximum absolute atomic E-state index is 13.3. The van der Waals surface area contributed by atoms with E-state index in [1.807, 2.05) is 24.0 Å². The van der Waals surface area contributed by atoms with Gasteiger partial charge in [-0.15, -0.1) is 0 Å². The monoisotopic (exact) mass is 469 g/mol. The fourth-order valence-corrected chi connectivity index (χ4v) is 4.54. The molecule has 1 saturated heterocycles. The van der Waals surface area contributed by atoms with Crippen LogP contribution in [0.3, 0.4) is 0 Å². The molecule has 8 nitrogen and oxygen atoms in total. The maximum Gasteiger partial charge on any atom is 0.227 e. The number of nitrogens with zero attached hydrogens (tertiary/aromatic N) is 5. The number of halogens is 1. The van der Waals surface area contributed by atoms with Crippen LogP contribution >= 0.6 is 0 Å². The van der Waals surface area contributed by atoms with Crippen LogP contribution in [-0.2, 0) is 12.0 Å². The first kappa shape index (κ1) is 22.7. The Morgan fingerprint density at radius 1 is 1.23 bits per heavy atom. The number of likely N-dealkylation sites (tertiary alicyclic amines) is 1. The molecule has 0 saturated carbocycles. The minimum absolute atomic E-state index is 0.0456. The van der Waals surface area contributed by atoms with E-state index in [-0.39, 0.29) is 6.61 Å². The van der Waals surface area contributed by atoms with Crippen molar-refractivity contribution in [1.82, 2.24) is 14.9 Å². The highest BCUT2D eigenvalue weighted by Crippen LogP contribution is 2.41. The van der Waals surface area contributed by atoms with E-state index < -0.39 is 11.6 Å². The normalized spacial score (nSPS) is 19.2. The molecule has 1 fully saturated rings. The van der Waals surface area contributed by atoms with Crippen LogP contribution in [0.1, 0.15) is 29.2 Å². The number of nitrogens with one attached hydrogen (secondary N) is 2. The number of hydrogen-bond donors (Lipinski definition) is 3. The second kappa shape index (κ2) is 8.95. The average Bonchev–Trinajstić information content (AvgIpc) is 3.20. The van der Waals surface area contributed by atoms with Gasteiger partial charge in [0.05, 0.1) is 35.2 Å². The maximum atomic E-state index is 13.3. The summed E-state index contributed by atoms with van der Waals surface area (Å²) < 4.78 is 13.3. The van der Waals surface area contributed by atoms with E-state index in [1.54, 1.807) is 30.5 Å². The molecule has 3 N–H and O–H groups in total. The number of rotatable bonds is 6. The zero-order valence-electron chi connectivity index (χ0n) is 19.2. The molecule has 5 rings (SSSR count). The van der Waals surface area contributed by atoms with E-state index in [0.29, 0.717) is 54.6 Å². The fourth-order valence-electron chi connectivity index (χ4n) is 4.54. The lowest BCUT2D eigenvalue weighted by Crippen LogP contribution is -2.47. The fraction of sp³-hybridized carbons (Fsp3) is 0.308. The summed E-state index contributed by atoms with van der Waals surface area (Å²) in [5.41, 5.74) is 5.09. The molecule has 2 aliphatic heterocycles. The van der Waals surface area contributed by atoms with Crippen LogP contribution in [0, 0.1) is 22.7 Å². The Balaban J connectivity index is 1.48. The van der Waals surface area contributed by atoms with Gasteiger partial charge in [-0.25, -0.2) is 14.4 Å². The van der Waals surface area contributed by atoms with Gasteiger partial charge in [0.1, 0.15) is 12.2 Å². The molecular weight excluding hydrogens is 445 g/mol. The van der Waals surface area contributed by atoms with Crippen LogP contribution in [0.15, 0.2) is 42.6 Å². The van der Waals surface area contributed by atoms with Crippen molar-refractivity contribution in [1.29, 1.82) is 10.5 Å². The molecule has 0 bridgehead atoms. The Morgan fingerprint density at radius 3 is 2.77 bits per heavy atom. The highest BCUT2D eigenvalue weighted by atomic mass is 19.1. The second-order valence-corrected chi connectivity index (χ2v) is 9.30. The van der Waals surface area contributed by atoms with Crippen molar-refractivity contribution in [2.24, 2.45) is 0 Å². The number of hydrogen-bond acceptors (Lipinski definition) is 8. The van der Waals surface area contributed by atoms with Gasteiger partial charge in [0.15, 0.2) is 0 Å². The predicted octanol–water partition coefficient (Wildman–Crippen LogP) is 3.46. The van der Waals surface area contributed by atoms with Crippen LogP contribution in [0.2, 0.25) is 0 Å². The van der Waals surface area contributed by atoms with E-state index in [2.05, 4.69) is 32.7 Å². The lowest BCUT2D eigenvalue weighted by Gasteiger charge is -2.34. The zero-order valence-corrected chi connectivity index (χ0v) is 19.2. The summed E-state index contributed by atoms with van der Waals surface area (Å²) in [6.45, 7) is 3.80. The van der Waals surface area contributed by atoms with Gasteiger partial charge in [-0.2, -0.15) is 10.5 Å². The Bertz CT molecular complexity index is 1370. The van der Waals surface area contributed by atoms with Gasteiger partial charge in [0, 0.05) is 49.0 Å². The third-order valence-electron chi connectivity index (χ3n) is 6.66. The van der Waals surface area contributed by atoms with Gasteiger partial charge in [0.25, 0.3) is 0 Å². The van der Waals surface area contributed by atoms with Crippen LogP contribution in [0.25, 0.3) is 11.3 Å². The summed E-state index contributed by atoms with van der Waals surface area (Å²) in [4.78, 5) is 11.0. The van der Waals surface area contributed by atoms with Crippen molar-refractivity contribution in [2.45, 2.75) is 25.1 Å². The molecule has 2 aromatic carbocycles. The summed E-state index contributed by atoms with van der Waals surface area (Å²) in [6, 6.07) is 15.2. The average molecular weight is 470 g/mol. The summed E-state index contributed by atoms with van der Waals surface area (Å²) in [7, 11) is 0. The van der Waals surface area contributed by atoms with Crippen LogP contribution in [-0.4, -0.2) is 52.4 Å². The number of alkyl halides is 1. The van der Waals surface area contributed by atoms with Crippen molar-refractivity contribution in [2.75, 3.05) is 36.9 Å². The number of nitriles is 2. The first-order valence-corrected chi connectivity index (χ1v) is 11.4. The van der Waals surface area contributed by atoms with Crippen LogP contribution in [0.4, 0.5) is 21.7 Å². The zero-order chi connectivity index (χ0) is 24.6. The van der Waals surface area contributed by atoms with Gasteiger partial charge in [-0.05, 0) is 41.5 Å². The summed E-state index contributed by atoms with van der Waals surface area (Å²) >= 11 is 0. The number of aromatic nitrogens is 2. The van der Waals surface area contributed by atoms with Gasteiger partial charge < -0.3 is 15.7 Å². The lowest BCUT2D eigenvalue weighted by atomic mass is 9.83. The molecule has 0 aliphatic carbocycles. The Labute approximate surface area is 202 Å².